The fourth-order valence-corrected chi connectivity index (χ4v) is 5.30. The molecule has 1 aromatic carbocycles. The summed E-state index contributed by atoms with van der Waals surface area (Å²) in [7, 11) is 1.22. The number of aliphatic hydroxyl groups is 1. The van der Waals surface area contributed by atoms with Gasteiger partial charge in [0.15, 0.2) is 10.8 Å². The molecule has 1 saturated heterocycles. The number of hydrogen-bond donors (Lipinski definition) is 2. The Bertz CT molecular complexity index is 1160. The summed E-state index contributed by atoms with van der Waals surface area (Å²) in [5.41, 5.74) is -1.81. The summed E-state index contributed by atoms with van der Waals surface area (Å²) < 4.78 is 47.7. The van der Waals surface area contributed by atoms with Gasteiger partial charge in [-0.25, -0.2) is 27.9 Å². The highest BCUT2D eigenvalue weighted by Crippen LogP contribution is 2.41. The van der Waals surface area contributed by atoms with Gasteiger partial charge >= 0.3 is 5.97 Å². The average molecular weight is 509 g/mol. The predicted octanol–water partition coefficient (Wildman–Crippen LogP) is 3.46. The molecule has 1 aromatic heterocycles. The first-order valence-corrected chi connectivity index (χ1v) is 11.9. The molecule has 2 aliphatic heterocycles. The molecule has 0 aliphatic carbocycles. The summed E-state index contributed by atoms with van der Waals surface area (Å²) >= 11 is 1.32. The maximum Gasteiger partial charge on any atom is 0.338 e. The first kappa shape index (κ1) is 25.3. The number of thiazole rings is 1. The van der Waals surface area contributed by atoms with E-state index in [0.29, 0.717) is 22.1 Å². The molecule has 2 N–H and O–H groups in total. The van der Waals surface area contributed by atoms with E-state index in [1.807, 2.05) is 0 Å². The van der Waals surface area contributed by atoms with E-state index in [9.17, 15) is 23.1 Å². The molecule has 188 valence electrons. The van der Waals surface area contributed by atoms with Crippen LogP contribution < -0.4 is 5.32 Å². The number of aliphatic imine (C=N–C) groups is 1. The second-order valence-electron chi connectivity index (χ2n) is 9.48. The minimum atomic E-state index is -3.00. The smallest absolute Gasteiger partial charge is 0.338 e. The number of rotatable bonds is 6. The standard InChI is InChI=1S/C24H27F3N4O3S/c1-22(2,33)17-11-24(26,27)13-31(17)12-16-18(21(32)34-4)23(3,14-5-7-15(25)8-6-14)30-19(29-16)20-28-9-10-35-20/h5-10,17,33H,11-13H2,1-4H3,(H,29,30)/t17-,23-/m0/s1. The quantitative estimate of drug-likeness (QED) is 0.582. The molecular formula is C24H27F3N4O3S. The topological polar surface area (TPSA) is 87.0 Å². The Balaban J connectivity index is 1.87. The van der Waals surface area contributed by atoms with Crippen molar-refractivity contribution in [1.29, 1.82) is 0 Å². The van der Waals surface area contributed by atoms with Crippen LogP contribution in [0.1, 0.15) is 37.8 Å². The number of alkyl halides is 2. The van der Waals surface area contributed by atoms with Gasteiger partial charge in [0.1, 0.15) is 11.4 Å². The van der Waals surface area contributed by atoms with Gasteiger partial charge in [0.2, 0.25) is 0 Å². The van der Waals surface area contributed by atoms with Crippen molar-refractivity contribution in [3.8, 4) is 0 Å². The highest BCUT2D eigenvalue weighted by atomic mass is 32.1. The summed E-state index contributed by atoms with van der Waals surface area (Å²) in [6, 6.07) is 4.72. The molecule has 0 radical (unpaired) electrons. The van der Waals surface area contributed by atoms with Gasteiger partial charge in [0.05, 0.1) is 24.8 Å². The summed E-state index contributed by atoms with van der Waals surface area (Å²) in [6.07, 6.45) is 1.09. The predicted molar refractivity (Wildman–Crippen MR) is 126 cm³/mol. The summed E-state index contributed by atoms with van der Waals surface area (Å²) in [4.78, 5) is 23.7. The molecule has 0 bridgehead atoms. The van der Waals surface area contributed by atoms with Crippen molar-refractivity contribution in [3.05, 3.63) is 63.5 Å². The Hall–Kier alpha value is -2.76. The Labute approximate surface area is 205 Å². The fourth-order valence-electron chi connectivity index (χ4n) is 4.72. The molecule has 0 amide bonds. The first-order valence-electron chi connectivity index (χ1n) is 11.0. The van der Waals surface area contributed by atoms with E-state index in [-0.39, 0.29) is 12.1 Å². The van der Waals surface area contributed by atoms with Gasteiger partial charge in [-0.15, -0.1) is 11.3 Å². The Morgan fingerprint density at radius 1 is 1.34 bits per heavy atom. The number of carbonyl (C=O) groups is 1. The number of nitrogens with zero attached hydrogens (tertiary/aromatic N) is 3. The maximum atomic E-state index is 14.5. The minimum absolute atomic E-state index is 0.101. The molecule has 0 saturated carbocycles. The van der Waals surface area contributed by atoms with Crippen LogP contribution in [0.4, 0.5) is 13.2 Å². The van der Waals surface area contributed by atoms with Crippen molar-refractivity contribution in [3.63, 3.8) is 0 Å². The van der Waals surface area contributed by atoms with Crippen LogP contribution in [0.2, 0.25) is 0 Å². The van der Waals surface area contributed by atoms with Crippen LogP contribution in [-0.4, -0.2) is 64.6 Å². The second kappa shape index (κ2) is 9.03. The zero-order valence-corrected chi connectivity index (χ0v) is 20.6. The van der Waals surface area contributed by atoms with Crippen LogP contribution in [0.5, 0.6) is 0 Å². The SMILES string of the molecule is COC(=O)C1=C(CN2CC(F)(F)C[C@H]2C(C)(C)O)NC(c2nccs2)=N[C@@]1(C)c1ccc(F)cc1. The molecule has 11 heteroatoms. The van der Waals surface area contributed by atoms with Crippen LogP contribution in [0.15, 0.2) is 52.1 Å². The molecule has 0 unspecified atom stereocenters. The summed E-state index contributed by atoms with van der Waals surface area (Å²) in [6.45, 7) is 3.98. The number of likely N-dealkylation sites (tertiary alicyclic amines) is 1. The molecule has 35 heavy (non-hydrogen) atoms. The molecule has 2 aromatic rings. The third-order valence-electron chi connectivity index (χ3n) is 6.37. The second-order valence-corrected chi connectivity index (χ2v) is 10.4. The third-order valence-corrected chi connectivity index (χ3v) is 7.15. The Kier molecular flexibility index (Phi) is 6.54. The van der Waals surface area contributed by atoms with E-state index >= 15 is 0 Å². The van der Waals surface area contributed by atoms with Crippen LogP contribution in [0.25, 0.3) is 0 Å². The number of esters is 1. The van der Waals surface area contributed by atoms with E-state index in [2.05, 4.69) is 10.3 Å². The number of benzene rings is 1. The third kappa shape index (κ3) is 4.98. The summed E-state index contributed by atoms with van der Waals surface area (Å²) in [5, 5.41) is 16.0. The van der Waals surface area contributed by atoms with Gasteiger partial charge in [-0.05, 0) is 38.5 Å². The van der Waals surface area contributed by atoms with Gasteiger partial charge in [-0.3, -0.25) is 4.90 Å². The number of methoxy groups -OCH3 is 1. The molecule has 0 spiro atoms. The lowest BCUT2D eigenvalue weighted by Gasteiger charge is -2.38. The van der Waals surface area contributed by atoms with E-state index in [1.165, 1.54) is 61.5 Å². The highest BCUT2D eigenvalue weighted by molar-refractivity contribution is 7.11. The molecule has 2 atom stereocenters. The van der Waals surface area contributed by atoms with Crippen molar-refractivity contribution < 1.29 is 27.8 Å². The lowest BCUT2D eigenvalue weighted by atomic mass is 9.82. The lowest BCUT2D eigenvalue weighted by Crippen LogP contribution is -2.50. The Morgan fingerprint density at radius 3 is 2.60 bits per heavy atom. The van der Waals surface area contributed by atoms with Gasteiger partial charge in [0, 0.05) is 36.3 Å². The van der Waals surface area contributed by atoms with E-state index in [1.54, 1.807) is 18.5 Å². The van der Waals surface area contributed by atoms with Crippen molar-refractivity contribution in [2.75, 3.05) is 20.2 Å². The van der Waals surface area contributed by atoms with Gasteiger partial charge in [-0.2, -0.15) is 0 Å². The number of ether oxygens (including phenoxy) is 1. The van der Waals surface area contributed by atoms with Crippen LogP contribution in [-0.2, 0) is 15.1 Å². The van der Waals surface area contributed by atoms with Crippen molar-refractivity contribution in [2.45, 2.75) is 50.3 Å². The number of aromatic nitrogens is 1. The molecule has 2 aliphatic rings. The van der Waals surface area contributed by atoms with Gasteiger partial charge < -0.3 is 15.2 Å². The van der Waals surface area contributed by atoms with E-state index in [0.717, 1.165) is 0 Å². The van der Waals surface area contributed by atoms with Gasteiger partial charge in [-0.1, -0.05) is 12.1 Å². The minimum Gasteiger partial charge on any atom is -0.466 e. The zero-order chi connectivity index (χ0) is 25.6. The summed E-state index contributed by atoms with van der Waals surface area (Å²) in [5.74, 6) is -3.81. The van der Waals surface area contributed by atoms with Crippen molar-refractivity contribution >= 4 is 23.1 Å². The number of nitrogens with one attached hydrogen (secondary N) is 1. The van der Waals surface area contributed by atoms with Crippen molar-refractivity contribution in [2.24, 2.45) is 4.99 Å². The van der Waals surface area contributed by atoms with Crippen LogP contribution in [0.3, 0.4) is 0 Å². The highest BCUT2D eigenvalue weighted by Gasteiger charge is 2.51. The number of halogens is 3. The molecule has 7 nitrogen and oxygen atoms in total. The van der Waals surface area contributed by atoms with Gasteiger partial charge in [0.25, 0.3) is 5.92 Å². The first-order chi connectivity index (χ1) is 16.3. The lowest BCUT2D eigenvalue weighted by molar-refractivity contribution is -0.137. The largest absolute Gasteiger partial charge is 0.466 e. The van der Waals surface area contributed by atoms with Crippen LogP contribution >= 0.6 is 11.3 Å². The molecule has 3 heterocycles. The fraction of sp³-hybridized carbons (Fsp3) is 0.458. The maximum absolute atomic E-state index is 14.5. The number of carbonyl (C=O) groups excluding carboxylic acids is 1. The van der Waals surface area contributed by atoms with E-state index < -0.39 is 47.9 Å². The van der Waals surface area contributed by atoms with Crippen molar-refractivity contribution in [1.82, 2.24) is 15.2 Å². The van der Waals surface area contributed by atoms with E-state index in [4.69, 9.17) is 9.73 Å². The molecule has 4 rings (SSSR count). The monoisotopic (exact) mass is 508 g/mol. The zero-order valence-electron chi connectivity index (χ0n) is 19.8. The average Bonchev–Trinajstić information content (AvgIpc) is 3.41. The Morgan fingerprint density at radius 2 is 2.03 bits per heavy atom. The normalized spacial score (nSPS) is 24.8. The number of hydrogen-bond acceptors (Lipinski definition) is 8. The number of amidine groups is 1. The molecular weight excluding hydrogens is 481 g/mol. The van der Waals surface area contributed by atoms with Crippen LogP contribution in [0, 0.1) is 5.82 Å². The molecule has 1 fully saturated rings.